The van der Waals surface area contributed by atoms with Crippen LogP contribution in [0.4, 0.5) is 4.79 Å². The van der Waals surface area contributed by atoms with Gasteiger partial charge in [-0.05, 0) is 37.5 Å². The maximum atomic E-state index is 12.4. The topological polar surface area (TPSA) is 125 Å². The van der Waals surface area contributed by atoms with Crippen LogP contribution in [0.1, 0.15) is 25.7 Å². The summed E-state index contributed by atoms with van der Waals surface area (Å²) in [5.74, 6) is 0.774. The van der Waals surface area contributed by atoms with Crippen molar-refractivity contribution in [3.63, 3.8) is 0 Å². The van der Waals surface area contributed by atoms with Gasteiger partial charge in [0.25, 0.3) is 6.47 Å². The average molecular weight is 430 g/mol. The molecule has 0 spiro atoms. The summed E-state index contributed by atoms with van der Waals surface area (Å²) in [6, 6.07) is -0.0254. The second kappa shape index (κ2) is 11.1. The van der Waals surface area contributed by atoms with Crippen LogP contribution in [0.3, 0.4) is 0 Å². The van der Waals surface area contributed by atoms with E-state index in [-0.39, 0.29) is 18.4 Å². The van der Waals surface area contributed by atoms with Crippen LogP contribution in [0.15, 0.2) is 18.7 Å². The SMILES string of the molecule is CS(=O)(=O)N1CCCC(CNC(=O)N2CCC(Cn3ccnc3)CC2)C1.O=CO. The fourth-order valence-electron chi connectivity index (χ4n) is 3.85. The maximum absolute atomic E-state index is 12.4. The number of amides is 2. The molecule has 0 aromatic carbocycles. The van der Waals surface area contributed by atoms with Gasteiger partial charge in [0.15, 0.2) is 0 Å². The number of imidazole rings is 1. The highest BCUT2D eigenvalue weighted by atomic mass is 32.2. The van der Waals surface area contributed by atoms with Crippen molar-refractivity contribution in [3.05, 3.63) is 18.7 Å². The number of aromatic nitrogens is 2. The molecule has 1 atom stereocenters. The molecule has 164 valence electrons. The largest absolute Gasteiger partial charge is 0.483 e. The summed E-state index contributed by atoms with van der Waals surface area (Å²) >= 11 is 0. The fraction of sp³-hybridized carbons (Fsp3) is 0.722. The molecule has 0 aliphatic carbocycles. The Bertz CT molecular complexity index is 732. The first kappa shape index (κ1) is 23.1. The zero-order chi connectivity index (χ0) is 21.3. The Kier molecular flexibility index (Phi) is 8.90. The maximum Gasteiger partial charge on any atom is 0.317 e. The first-order valence-corrected chi connectivity index (χ1v) is 11.7. The lowest BCUT2D eigenvalue weighted by Crippen LogP contribution is -2.48. The average Bonchev–Trinajstić information content (AvgIpc) is 3.20. The molecule has 0 radical (unpaired) electrons. The summed E-state index contributed by atoms with van der Waals surface area (Å²) in [7, 11) is -3.14. The van der Waals surface area contributed by atoms with Crippen LogP contribution in [0.25, 0.3) is 0 Å². The molecule has 2 aliphatic rings. The Labute approximate surface area is 171 Å². The van der Waals surface area contributed by atoms with Crippen LogP contribution in [0.2, 0.25) is 0 Å². The quantitative estimate of drug-likeness (QED) is 0.663. The molecule has 11 heteroatoms. The minimum absolute atomic E-state index is 0.0254. The fourth-order valence-corrected chi connectivity index (χ4v) is 4.79. The number of hydrogen-bond acceptors (Lipinski definition) is 5. The standard InChI is InChI=1S/C17H29N5O3S.CH2O2/c1-26(24,25)22-7-2-3-16(13-22)11-19-17(23)21-8-4-15(5-9-21)12-20-10-6-18-14-20;2-1-3/h6,10,14-16H,2-5,7-9,11-13H2,1H3,(H,19,23);1H,(H,2,3). The third kappa shape index (κ3) is 7.65. The molecule has 2 saturated heterocycles. The minimum atomic E-state index is -3.14. The number of nitrogens with one attached hydrogen (secondary N) is 1. The highest BCUT2D eigenvalue weighted by Gasteiger charge is 2.27. The number of carbonyl (C=O) groups is 2. The Morgan fingerprint density at radius 3 is 2.52 bits per heavy atom. The summed E-state index contributed by atoms with van der Waals surface area (Å²) < 4.78 is 27.0. The number of rotatable bonds is 5. The van der Waals surface area contributed by atoms with Gasteiger partial charge in [0, 0.05) is 51.7 Å². The van der Waals surface area contributed by atoms with Gasteiger partial charge in [0.1, 0.15) is 0 Å². The normalized spacial score (nSPS) is 21.1. The summed E-state index contributed by atoms with van der Waals surface area (Å²) in [4.78, 5) is 26.7. The number of urea groups is 1. The molecule has 1 unspecified atom stereocenters. The smallest absolute Gasteiger partial charge is 0.317 e. The Hall–Kier alpha value is -2.14. The van der Waals surface area contributed by atoms with Gasteiger partial charge in [0.2, 0.25) is 10.0 Å². The van der Waals surface area contributed by atoms with E-state index in [9.17, 15) is 13.2 Å². The summed E-state index contributed by atoms with van der Waals surface area (Å²) in [6.45, 7) is 3.88. The van der Waals surface area contributed by atoms with E-state index in [1.807, 2.05) is 17.4 Å². The molecule has 1 aromatic heterocycles. The van der Waals surface area contributed by atoms with E-state index in [4.69, 9.17) is 9.90 Å². The lowest BCUT2D eigenvalue weighted by atomic mass is 9.97. The van der Waals surface area contributed by atoms with E-state index in [0.29, 0.717) is 25.6 Å². The molecular weight excluding hydrogens is 398 g/mol. The molecule has 29 heavy (non-hydrogen) atoms. The van der Waals surface area contributed by atoms with Crippen LogP contribution >= 0.6 is 0 Å². The van der Waals surface area contributed by atoms with E-state index < -0.39 is 10.0 Å². The third-order valence-electron chi connectivity index (χ3n) is 5.42. The molecule has 1 aromatic rings. The van der Waals surface area contributed by atoms with Gasteiger partial charge in [-0.2, -0.15) is 0 Å². The molecule has 0 saturated carbocycles. The number of carbonyl (C=O) groups excluding carboxylic acids is 1. The zero-order valence-corrected chi connectivity index (χ0v) is 17.6. The van der Waals surface area contributed by atoms with E-state index in [1.165, 1.54) is 10.6 Å². The number of hydrogen-bond donors (Lipinski definition) is 2. The van der Waals surface area contributed by atoms with Crippen molar-refractivity contribution in [2.45, 2.75) is 32.2 Å². The van der Waals surface area contributed by atoms with Crippen LogP contribution in [-0.4, -0.2) is 83.8 Å². The molecule has 3 rings (SSSR count). The van der Waals surface area contributed by atoms with Crippen molar-refractivity contribution in [1.29, 1.82) is 0 Å². The zero-order valence-electron chi connectivity index (χ0n) is 16.8. The number of sulfonamides is 1. The highest BCUT2D eigenvalue weighted by Crippen LogP contribution is 2.20. The van der Waals surface area contributed by atoms with Crippen LogP contribution < -0.4 is 5.32 Å². The van der Waals surface area contributed by atoms with Gasteiger partial charge in [-0.3, -0.25) is 4.79 Å². The third-order valence-corrected chi connectivity index (χ3v) is 6.69. The monoisotopic (exact) mass is 429 g/mol. The van der Waals surface area contributed by atoms with E-state index in [2.05, 4.69) is 14.9 Å². The molecule has 2 aliphatic heterocycles. The lowest BCUT2D eigenvalue weighted by Gasteiger charge is -2.34. The van der Waals surface area contributed by atoms with Gasteiger partial charge in [-0.1, -0.05) is 0 Å². The number of likely N-dealkylation sites (tertiary alicyclic amines) is 1. The van der Waals surface area contributed by atoms with Gasteiger partial charge < -0.3 is 19.9 Å². The number of piperidine rings is 2. The van der Waals surface area contributed by atoms with Crippen molar-refractivity contribution < 1.29 is 23.1 Å². The van der Waals surface area contributed by atoms with Crippen molar-refractivity contribution in [1.82, 2.24) is 24.1 Å². The Morgan fingerprint density at radius 1 is 1.24 bits per heavy atom. The van der Waals surface area contributed by atoms with Crippen molar-refractivity contribution in [2.75, 3.05) is 39.0 Å². The Morgan fingerprint density at radius 2 is 1.93 bits per heavy atom. The first-order valence-electron chi connectivity index (χ1n) is 9.85. The Balaban J connectivity index is 0.000000941. The van der Waals surface area contributed by atoms with Gasteiger partial charge in [0.05, 0.1) is 12.6 Å². The van der Waals surface area contributed by atoms with Gasteiger partial charge >= 0.3 is 6.03 Å². The predicted molar refractivity (Wildman–Crippen MR) is 108 cm³/mol. The first-order chi connectivity index (χ1) is 13.8. The van der Waals surface area contributed by atoms with Crippen molar-refractivity contribution in [2.24, 2.45) is 11.8 Å². The lowest BCUT2D eigenvalue weighted by molar-refractivity contribution is -0.122. The van der Waals surface area contributed by atoms with Gasteiger partial charge in [-0.15, -0.1) is 0 Å². The van der Waals surface area contributed by atoms with E-state index in [1.54, 1.807) is 6.20 Å². The van der Waals surface area contributed by atoms with Gasteiger partial charge in [-0.25, -0.2) is 22.5 Å². The van der Waals surface area contributed by atoms with Crippen molar-refractivity contribution >= 4 is 22.5 Å². The number of nitrogens with zero attached hydrogens (tertiary/aromatic N) is 4. The van der Waals surface area contributed by atoms with Crippen LogP contribution in [0.5, 0.6) is 0 Å². The summed E-state index contributed by atoms with van der Waals surface area (Å²) in [5.41, 5.74) is 0. The highest BCUT2D eigenvalue weighted by molar-refractivity contribution is 7.88. The van der Waals surface area contributed by atoms with E-state index in [0.717, 1.165) is 45.3 Å². The molecule has 0 bridgehead atoms. The summed E-state index contributed by atoms with van der Waals surface area (Å²) in [5, 5.41) is 9.89. The molecule has 2 fully saturated rings. The van der Waals surface area contributed by atoms with E-state index >= 15 is 0 Å². The molecular formula is C18H31N5O5S. The second-order valence-electron chi connectivity index (χ2n) is 7.61. The molecule has 3 heterocycles. The molecule has 2 N–H and O–H groups in total. The predicted octanol–water partition coefficient (Wildman–Crippen LogP) is 0.677. The number of carboxylic acid groups (broad SMARTS) is 1. The summed E-state index contributed by atoms with van der Waals surface area (Å²) in [6.07, 6.45) is 10.7. The minimum Gasteiger partial charge on any atom is -0.483 e. The second-order valence-corrected chi connectivity index (χ2v) is 9.59. The van der Waals surface area contributed by atoms with Crippen LogP contribution in [0, 0.1) is 11.8 Å². The van der Waals surface area contributed by atoms with Crippen LogP contribution in [-0.2, 0) is 21.4 Å². The van der Waals surface area contributed by atoms with Crippen molar-refractivity contribution in [3.8, 4) is 0 Å². The molecule has 2 amide bonds. The molecule has 10 nitrogen and oxygen atoms in total.